The van der Waals surface area contributed by atoms with Gasteiger partial charge in [-0.05, 0) is 12.5 Å². The molecule has 1 fully saturated rings. The Balaban J connectivity index is 1.45. The third kappa shape index (κ3) is 3.41. The predicted molar refractivity (Wildman–Crippen MR) is 98.9 cm³/mol. The van der Waals surface area contributed by atoms with Crippen LogP contribution in [0.25, 0.3) is 11.3 Å². The number of amides is 1. The SMILES string of the molecule is O=C(c1cc(-c2ccccc2)n[nH]1)N1CCCN(c2nccs2)CC1. The van der Waals surface area contributed by atoms with Crippen molar-refractivity contribution in [2.75, 3.05) is 31.1 Å². The predicted octanol–water partition coefficient (Wildman–Crippen LogP) is 2.89. The molecule has 1 amide bonds. The minimum Gasteiger partial charge on any atom is -0.346 e. The standard InChI is InChI=1S/C18H19N5OS/c24-17(16-13-15(20-21-16)14-5-2-1-3-6-14)22-8-4-9-23(11-10-22)18-19-7-12-25-18/h1-3,5-7,12-13H,4,8-11H2,(H,20,21). The summed E-state index contributed by atoms with van der Waals surface area (Å²) in [6.07, 6.45) is 2.76. The first-order valence-electron chi connectivity index (χ1n) is 8.36. The van der Waals surface area contributed by atoms with Crippen LogP contribution in [0.5, 0.6) is 0 Å². The number of nitrogens with zero attached hydrogens (tertiary/aromatic N) is 4. The van der Waals surface area contributed by atoms with E-state index >= 15 is 0 Å². The summed E-state index contributed by atoms with van der Waals surface area (Å²) in [5, 5.41) is 10.2. The van der Waals surface area contributed by atoms with Crippen LogP contribution in [0.2, 0.25) is 0 Å². The van der Waals surface area contributed by atoms with Gasteiger partial charge >= 0.3 is 0 Å². The number of aromatic nitrogens is 3. The molecule has 0 radical (unpaired) electrons. The molecular weight excluding hydrogens is 334 g/mol. The number of H-pyrrole nitrogens is 1. The number of benzene rings is 1. The molecular formula is C18H19N5OS. The number of carbonyl (C=O) groups excluding carboxylic acids is 1. The Bertz CT molecular complexity index is 830. The van der Waals surface area contributed by atoms with Crippen LogP contribution in [0.15, 0.2) is 48.0 Å². The van der Waals surface area contributed by atoms with Crippen molar-refractivity contribution in [2.24, 2.45) is 0 Å². The molecule has 0 aliphatic carbocycles. The molecule has 25 heavy (non-hydrogen) atoms. The molecule has 3 heterocycles. The molecule has 2 aromatic heterocycles. The number of nitrogens with one attached hydrogen (secondary N) is 1. The Morgan fingerprint density at radius 3 is 2.80 bits per heavy atom. The van der Waals surface area contributed by atoms with Crippen LogP contribution in [-0.2, 0) is 0 Å². The van der Waals surface area contributed by atoms with E-state index in [2.05, 4.69) is 20.1 Å². The van der Waals surface area contributed by atoms with E-state index in [0.29, 0.717) is 12.2 Å². The van der Waals surface area contributed by atoms with Gasteiger partial charge in [0.25, 0.3) is 5.91 Å². The van der Waals surface area contributed by atoms with Gasteiger partial charge in [-0.25, -0.2) is 4.98 Å². The zero-order valence-electron chi connectivity index (χ0n) is 13.8. The summed E-state index contributed by atoms with van der Waals surface area (Å²) in [4.78, 5) is 21.3. The summed E-state index contributed by atoms with van der Waals surface area (Å²) in [5.74, 6) is 0.00988. The molecule has 128 valence electrons. The third-order valence-electron chi connectivity index (χ3n) is 4.35. The summed E-state index contributed by atoms with van der Waals surface area (Å²) < 4.78 is 0. The molecule has 0 spiro atoms. The Labute approximate surface area is 150 Å². The molecule has 7 heteroatoms. The van der Waals surface area contributed by atoms with E-state index in [1.165, 1.54) is 0 Å². The number of aromatic amines is 1. The second-order valence-electron chi connectivity index (χ2n) is 5.98. The maximum absolute atomic E-state index is 12.8. The molecule has 1 saturated heterocycles. The van der Waals surface area contributed by atoms with Crippen LogP contribution in [0.1, 0.15) is 16.9 Å². The van der Waals surface area contributed by atoms with Crippen LogP contribution in [0.4, 0.5) is 5.13 Å². The van der Waals surface area contributed by atoms with Crippen molar-refractivity contribution in [3.8, 4) is 11.3 Å². The second kappa shape index (κ2) is 7.06. The Morgan fingerprint density at radius 2 is 2.00 bits per heavy atom. The maximum Gasteiger partial charge on any atom is 0.271 e. The number of hydrogen-bond donors (Lipinski definition) is 1. The highest BCUT2D eigenvalue weighted by Crippen LogP contribution is 2.21. The minimum atomic E-state index is 0.00988. The lowest BCUT2D eigenvalue weighted by Gasteiger charge is -2.21. The summed E-state index contributed by atoms with van der Waals surface area (Å²) in [7, 11) is 0. The number of hydrogen-bond acceptors (Lipinski definition) is 5. The van der Waals surface area contributed by atoms with Crippen LogP contribution in [0.3, 0.4) is 0 Å². The molecule has 3 aromatic rings. The lowest BCUT2D eigenvalue weighted by atomic mass is 10.1. The van der Waals surface area contributed by atoms with E-state index in [0.717, 1.165) is 42.4 Å². The first-order chi connectivity index (χ1) is 12.3. The summed E-state index contributed by atoms with van der Waals surface area (Å²) in [5.41, 5.74) is 2.34. The molecule has 0 unspecified atom stereocenters. The van der Waals surface area contributed by atoms with Gasteiger partial charge in [-0.3, -0.25) is 9.89 Å². The number of carbonyl (C=O) groups is 1. The van der Waals surface area contributed by atoms with Gasteiger partial charge < -0.3 is 9.80 Å². The van der Waals surface area contributed by atoms with Crippen LogP contribution < -0.4 is 4.90 Å². The van der Waals surface area contributed by atoms with E-state index in [1.54, 1.807) is 11.3 Å². The maximum atomic E-state index is 12.8. The molecule has 0 atom stereocenters. The lowest BCUT2D eigenvalue weighted by Crippen LogP contribution is -2.35. The average molecular weight is 353 g/mol. The number of thiazole rings is 1. The van der Waals surface area contributed by atoms with E-state index in [4.69, 9.17) is 0 Å². The first kappa shape index (κ1) is 15.8. The van der Waals surface area contributed by atoms with Crippen molar-refractivity contribution in [1.82, 2.24) is 20.1 Å². The van der Waals surface area contributed by atoms with Crippen molar-refractivity contribution in [3.05, 3.63) is 53.7 Å². The largest absolute Gasteiger partial charge is 0.346 e. The fraction of sp³-hybridized carbons (Fsp3) is 0.278. The van der Waals surface area contributed by atoms with E-state index < -0.39 is 0 Å². The van der Waals surface area contributed by atoms with E-state index in [1.807, 2.05) is 52.9 Å². The first-order valence-corrected chi connectivity index (χ1v) is 9.24. The van der Waals surface area contributed by atoms with Crippen LogP contribution in [-0.4, -0.2) is 52.2 Å². The Morgan fingerprint density at radius 1 is 1.12 bits per heavy atom. The molecule has 6 nitrogen and oxygen atoms in total. The normalized spacial score (nSPS) is 15.2. The van der Waals surface area contributed by atoms with Crippen LogP contribution in [0, 0.1) is 0 Å². The van der Waals surface area contributed by atoms with E-state index in [9.17, 15) is 4.79 Å². The van der Waals surface area contributed by atoms with Gasteiger partial charge in [0.1, 0.15) is 5.69 Å². The quantitative estimate of drug-likeness (QED) is 0.786. The average Bonchev–Trinajstić information content (AvgIpc) is 3.30. The summed E-state index contributed by atoms with van der Waals surface area (Å²) in [6.45, 7) is 3.17. The van der Waals surface area contributed by atoms with Gasteiger partial charge in [0, 0.05) is 43.3 Å². The summed E-state index contributed by atoms with van der Waals surface area (Å²) >= 11 is 1.64. The molecule has 1 aliphatic rings. The lowest BCUT2D eigenvalue weighted by molar-refractivity contribution is 0.0761. The highest BCUT2D eigenvalue weighted by atomic mass is 32.1. The van der Waals surface area contributed by atoms with Crippen LogP contribution >= 0.6 is 11.3 Å². The van der Waals surface area contributed by atoms with E-state index in [-0.39, 0.29) is 5.91 Å². The Hall–Kier alpha value is -2.67. The van der Waals surface area contributed by atoms with Gasteiger partial charge in [-0.2, -0.15) is 5.10 Å². The molecule has 0 saturated carbocycles. The second-order valence-corrected chi connectivity index (χ2v) is 6.85. The van der Waals surface area contributed by atoms with Crippen molar-refractivity contribution >= 4 is 22.4 Å². The molecule has 0 bridgehead atoms. The molecule has 1 N–H and O–H groups in total. The van der Waals surface area contributed by atoms with Gasteiger partial charge in [0.2, 0.25) is 0 Å². The fourth-order valence-electron chi connectivity index (χ4n) is 3.04. The monoisotopic (exact) mass is 353 g/mol. The zero-order chi connectivity index (χ0) is 17.1. The number of anilines is 1. The smallest absolute Gasteiger partial charge is 0.271 e. The van der Waals surface area contributed by atoms with Gasteiger partial charge in [0.05, 0.1) is 5.69 Å². The van der Waals surface area contributed by atoms with Gasteiger partial charge in [-0.1, -0.05) is 30.3 Å². The fourth-order valence-corrected chi connectivity index (χ4v) is 3.74. The van der Waals surface area contributed by atoms with Crippen molar-refractivity contribution in [3.63, 3.8) is 0 Å². The van der Waals surface area contributed by atoms with Gasteiger partial charge in [-0.15, -0.1) is 11.3 Å². The Kier molecular flexibility index (Phi) is 4.47. The van der Waals surface area contributed by atoms with Gasteiger partial charge in [0.15, 0.2) is 5.13 Å². The van der Waals surface area contributed by atoms with Crippen molar-refractivity contribution in [2.45, 2.75) is 6.42 Å². The molecule has 1 aromatic carbocycles. The highest BCUT2D eigenvalue weighted by Gasteiger charge is 2.22. The highest BCUT2D eigenvalue weighted by molar-refractivity contribution is 7.13. The van der Waals surface area contributed by atoms with Crippen molar-refractivity contribution in [1.29, 1.82) is 0 Å². The zero-order valence-corrected chi connectivity index (χ0v) is 14.6. The summed E-state index contributed by atoms with van der Waals surface area (Å²) in [6, 6.07) is 11.7. The number of rotatable bonds is 3. The molecule has 1 aliphatic heterocycles. The minimum absolute atomic E-state index is 0.00988. The topological polar surface area (TPSA) is 65.1 Å². The van der Waals surface area contributed by atoms with Crippen molar-refractivity contribution < 1.29 is 4.79 Å². The third-order valence-corrected chi connectivity index (χ3v) is 5.18. The molecule has 4 rings (SSSR count).